The lowest BCUT2D eigenvalue weighted by Gasteiger charge is -2.13. The smallest absolute Gasteiger partial charge is 0.292 e. The van der Waals surface area contributed by atoms with Gasteiger partial charge in [-0.15, -0.1) is 0 Å². The summed E-state index contributed by atoms with van der Waals surface area (Å²) in [6.07, 6.45) is 1.56. The van der Waals surface area contributed by atoms with Gasteiger partial charge in [0.15, 0.2) is 0 Å². The number of nitrogens with one attached hydrogen (secondary N) is 2. The van der Waals surface area contributed by atoms with Crippen molar-refractivity contribution in [3.63, 3.8) is 0 Å². The van der Waals surface area contributed by atoms with E-state index in [0.717, 1.165) is 35.1 Å². The van der Waals surface area contributed by atoms with Crippen LogP contribution in [-0.4, -0.2) is 29.8 Å². The maximum Gasteiger partial charge on any atom is 0.292 e. The van der Waals surface area contributed by atoms with E-state index in [4.69, 9.17) is 4.74 Å². The molecule has 5 nitrogen and oxygen atoms in total. The molecule has 0 aliphatic carbocycles. The first kappa shape index (κ1) is 18.7. The van der Waals surface area contributed by atoms with Crippen molar-refractivity contribution >= 4 is 22.6 Å². The maximum absolute atomic E-state index is 12.7. The van der Waals surface area contributed by atoms with E-state index in [9.17, 15) is 9.59 Å². The number of para-hydroxylation sites is 1. The largest absolute Gasteiger partial charge is 0.497 e. The fourth-order valence-corrected chi connectivity index (χ4v) is 3.22. The summed E-state index contributed by atoms with van der Waals surface area (Å²) in [7, 11) is 1.64. The summed E-state index contributed by atoms with van der Waals surface area (Å²) in [5.74, 6) is -0.244. The molecule has 0 fully saturated rings. The molecule has 0 spiro atoms. The minimum atomic E-state index is -0.565. The van der Waals surface area contributed by atoms with Crippen LogP contribution in [-0.2, 0) is 11.2 Å². The molecule has 2 N–H and O–H groups in total. The second kappa shape index (κ2) is 8.08. The number of carbonyl (C=O) groups excluding carboxylic acids is 2. The molecule has 1 atom stereocenters. The van der Waals surface area contributed by atoms with Gasteiger partial charge in [0.1, 0.15) is 5.75 Å². The number of carbonyl (C=O) groups is 2. The van der Waals surface area contributed by atoms with Crippen molar-refractivity contribution in [1.82, 2.24) is 10.3 Å². The summed E-state index contributed by atoms with van der Waals surface area (Å²) in [5.41, 5.74) is 3.18. The van der Waals surface area contributed by atoms with E-state index in [1.54, 1.807) is 7.11 Å². The second-order valence-electron chi connectivity index (χ2n) is 6.76. The fourth-order valence-electron chi connectivity index (χ4n) is 3.22. The fraction of sp³-hybridized carbons (Fsp3) is 0.273. The Bertz CT molecular complexity index is 957. The Morgan fingerprint density at radius 2 is 1.81 bits per heavy atom. The first-order chi connectivity index (χ1) is 13.0. The predicted molar refractivity (Wildman–Crippen MR) is 106 cm³/mol. The lowest BCUT2D eigenvalue weighted by atomic mass is 10.0. The molecule has 0 saturated carbocycles. The lowest BCUT2D eigenvalue weighted by molar-refractivity contribution is -0.117. The number of ether oxygens (including phenoxy) is 1. The molecule has 0 aliphatic heterocycles. The number of hydrogen-bond donors (Lipinski definition) is 2. The molecule has 1 heterocycles. The van der Waals surface area contributed by atoms with Gasteiger partial charge in [-0.25, -0.2) is 0 Å². The van der Waals surface area contributed by atoms with Gasteiger partial charge in [0, 0.05) is 22.6 Å². The number of aromatic nitrogens is 1. The Balaban J connectivity index is 1.61. The Labute approximate surface area is 158 Å². The van der Waals surface area contributed by atoms with E-state index >= 15 is 0 Å². The van der Waals surface area contributed by atoms with Crippen LogP contribution in [0, 0.1) is 6.92 Å². The van der Waals surface area contributed by atoms with Gasteiger partial charge in [0.05, 0.1) is 12.7 Å². The number of H-pyrrole nitrogens is 1. The van der Waals surface area contributed by atoms with Crippen LogP contribution < -0.4 is 10.1 Å². The topological polar surface area (TPSA) is 71.2 Å². The van der Waals surface area contributed by atoms with Crippen LogP contribution in [0.4, 0.5) is 0 Å². The Kier molecular flexibility index (Phi) is 5.60. The minimum Gasteiger partial charge on any atom is -0.497 e. The average molecular weight is 364 g/mol. The molecule has 0 saturated heterocycles. The summed E-state index contributed by atoms with van der Waals surface area (Å²) in [4.78, 5) is 28.3. The second-order valence-corrected chi connectivity index (χ2v) is 6.76. The van der Waals surface area contributed by atoms with Gasteiger partial charge in [0.25, 0.3) is 11.7 Å². The highest BCUT2D eigenvalue weighted by Crippen LogP contribution is 2.22. The zero-order chi connectivity index (χ0) is 19.4. The molecule has 0 bridgehead atoms. The van der Waals surface area contributed by atoms with Gasteiger partial charge in [0.2, 0.25) is 0 Å². The molecule has 140 valence electrons. The number of aromatic amines is 1. The molecule has 3 rings (SSSR count). The zero-order valence-electron chi connectivity index (χ0n) is 15.8. The Hall–Kier alpha value is -3.08. The third-order valence-electron chi connectivity index (χ3n) is 4.73. The monoisotopic (exact) mass is 364 g/mol. The first-order valence-corrected chi connectivity index (χ1v) is 9.05. The van der Waals surface area contributed by atoms with Gasteiger partial charge in [-0.1, -0.05) is 30.3 Å². The number of benzene rings is 2. The van der Waals surface area contributed by atoms with Crippen molar-refractivity contribution < 1.29 is 14.3 Å². The molecule has 0 aliphatic rings. The van der Waals surface area contributed by atoms with Crippen LogP contribution in [0.3, 0.4) is 0 Å². The number of ketones is 1. The number of Topliss-reactive ketones (excluding diaryl/α,β-unsaturated/α-hetero) is 1. The quantitative estimate of drug-likeness (QED) is 0.495. The number of amides is 1. The molecular weight excluding hydrogens is 340 g/mol. The van der Waals surface area contributed by atoms with Crippen LogP contribution >= 0.6 is 0 Å². The highest BCUT2D eigenvalue weighted by Gasteiger charge is 2.23. The van der Waals surface area contributed by atoms with Gasteiger partial charge >= 0.3 is 0 Å². The summed E-state index contributed by atoms with van der Waals surface area (Å²) in [6.45, 7) is 3.73. The minimum absolute atomic E-state index is 0.103. The molecule has 2 aromatic carbocycles. The standard InChI is InChI=1S/C22H24N2O3/c1-14(8-9-16-10-12-17(27-3)13-11-16)23-22(26)21(25)20-15(2)24-19-7-5-4-6-18(19)20/h4-7,10-14,24H,8-9H2,1-3H3,(H,23,26). The SMILES string of the molecule is COc1ccc(CCC(C)NC(=O)C(=O)c2c(C)[nH]c3ccccc23)cc1. The molecule has 0 radical (unpaired) electrons. The van der Waals surface area contributed by atoms with Crippen LogP contribution in [0.25, 0.3) is 10.9 Å². The molecular formula is C22H24N2O3. The van der Waals surface area contributed by atoms with Crippen molar-refractivity contribution in [2.75, 3.05) is 7.11 Å². The summed E-state index contributed by atoms with van der Waals surface area (Å²) < 4.78 is 5.15. The third-order valence-corrected chi connectivity index (χ3v) is 4.73. The van der Waals surface area contributed by atoms with Gasteiger partial charge in [-0.3, -0.25) is 9.59 Å². The number of fused-ring (bicyclic) bond motifs is 1. The van der Waals surface area contributed by atoms with Gasteiger partial charge < -0.3 is 15.0 Å². The van der Waals surface area contributed by atoms with Crippen LogP contribution in [0.15, 0.2) is 48.5 Å². The van der Waals surface area contributed by atoms with E-state index in [0.29, 0.717) is 11.3 Å². The van der Waals surface area contributed by atoms with E-state index in [-0.39, 0.29) is 6.04 Å². The number of aryl methyl sites for hydroxylation is 2. The first-order valence-electron chi connectivity index (χ1n) is 9.05. The van der Waals surface area contributed by atoms with Gasteiger partial charge in [-0.2, -0.15) is 0 Å². The van der Waals surface area contributed by atoms with Crippen molar-refractivity contribution in [2.45, 2.75) is 32.7 Å². The van der Waals surface area contributed by atoms with Crippen LogP contribution in [0.2, 0.25) is 0 Å². The van der Waals surface area contributed by atoms with Crippen molar-refractivity contribution in [3.8, 4) is 5.75 Å². The normalized spacial score (nSPS) is 12.0. The molecule has 1 unspecified atom stereocenters. The van der Waals surface area contributed by atoms with E-state index < -0.39 is 11.7 Å². The molecule has 5 heteroatoms. The predicted octanol–water partition coefficient (Wildman–Crippen LogP) is 3.81. The third kappa shape index (κ3) is 4.19. The number of hydrogen-bond acceptors (Lipinski definition) is 3. The molecule has 1 aromatic heterocycles. The number of methoxy groups -OCH3 is 1. The molecule has 1 amide bonds. The number of rotatable bonds is 7. The van der Waals surface area contributed by atoms with Crippen molar-refractivity contribution in [2.24, 2.45) is 0 Å². The van der Waals surface area contributed by atoms with E-state index in [1.807, 2.05) is 62.4 Å². The van der Waals surface area contributed by atoms with Crippen molar-refractivity contribution in [3.05, 3.63) is 65.4 Å². The summed E-state index contributed by atoms with van der Waals surface area (Å²) >= 11 is 0. The average Bonchev–Trinajstić information content (AvgIpc) is 3.01. The Morgan fingerprint density at radius 1 is 1.11 bits per heavy atom. The van der Waals surface area contributed by atoms with Gasteiger partial charge in [-0.05, 0) is 50.5 Å². The molecule has 27 heavy (non-hydrogen) atoms. The van der Waals surface area contributed by atoms with Crippen LogP contribution in [0.5, 0.6) is 5.75 Å². The highest BCUT2D eigenvalue weighted by atomic mass is 16.5. The lowest BCUT2D eigenvalue weighted by Crippen LogP contribution is -2.38. The Morgan fingerprint density at radius 3 is 2.52 bits per heavy atom. The summed E-state index contributed by atoms with van der Waals surface area (Å²) in [6, 6.07) is 15.3. The van der Waals surface area contributed by atoms with Crippen LogP contribution in [0.1, 0.15) is 35.0 Å². The highest BCUT2D eigenvalue weighted by molar-refractivity contribution is 6.45. The van der Waals surface area contributed by atoms with E-state index in [2.05, 4.69) is 10.3 Å². The summed E-state index contributed by atoms with van der Waals surface area (Å²) in [5, 5.41) is 3.60. The van der Waals surface area contributed by atoms with Crippen molar-refractivity contribution in [1.29, 1.82) is 0 Å². The zero-order valence-corrected chi connectivity index (χ0v) is 15.8. The maximum atomic E-state index is 12.7. The van der Waals surface area contributed by atoms with E-state index in [1.165, 1.54) is 0 Å². The molecule has 3 aromatic rings.